The summed E-state index contributed by atoms with van der Waals surface area (Å²) in [6.07, 6.45) is 1.70. The number of hydrogen-bond acceptors (Lipinski definition) is 1. The molecule has 0 amide bonds. The van der Waals surface area contributed by atoms with E-state index in [9.17, 15) is 5.11 Å². The Kier molecular flexibility index (Phi) is 2.46. The maximum Gasteiger partial charge on any atom is 0.123 e. The predicted octanol–water partition coefficient (Wildman–Crippen LogP) is 3.33. The Morgan fingerprint density at radius 1 is 1.31 bits per heavy atom. The van der Waals surface area contributed by atoms with Crippen LogP contribution in [-0.4, -0.2) is 5.11 Å². The second-order valence-electron chi connectivity index (χ2n) is 4.19. The number of rotatable bonds is 1. The van der Waals surface area contributed by atoms with E-state index in [2.05, 4.69) is 27.4 Å². The summed E-state index contributed by atoms with van der Waals surface area (Å²) < 4.78 is 0. The van der Waals surface area contributed by atoms with Gasteiger partial charge in [-0.25, -0.2) is 0 Å². The van der Waals surface area contributed by atoms with Gasteiger partial charge in [0.2, 0.25) is 0 Å². The maximum atomic E-state index is 9.58. The third-order valence-electron chi connectivity index (χ3n) is 2.10. The molecule has 0 aliphatic heterocycles. The number of hydrogen-bond donors (Lipinski definition) is 1. The van der Waals surface area contributed by atoms with Crippen molar-refractivity contribution in [1.82, 2.24) is 0 Å². The highest BCUT2D eigenvalue weighted by molar-refractivity contribution is 5.60. The van der Waals surface area contributed by atoms with Crippen LogP contribution >= 0.6 is 0 Å². The molecule has 1 heteroatoms. The Morgan fingerprint density at radius 3 is 2.31 bits per heavy atom. The molecule has 0 atom stereocenters. The molecule has 1 rings (SSSR count). The lowest BCUT2D eigenvalue weighted by atomic mass is 9.83. The van der Waals surface area contributed by atoms with Gasteiger partial charge in [-0.2, -0.15) is 0 Å². The Labute approximate surface area is 79.7 Å². The molecule has 0 heterocycles. The summed E-state index contributed by atoms with van der Waals surface area (Å²) in [4.78, 5) is 0. The molecule has 0 bridgehead atoms. The summed E-state index contributed by atoms with van der Waals surface area (Å²) in [6, 6.07) is 5.58. The maximum absolute atomic E-state index is 9.58. The molecule has 0 aliphatic rings. The fraction of sp³-hybridized carbons (Fsp3) is 0.333. The van der Waals surface area contributed by atoms with Crippen molar-refractivity contribution in [2.45, 2.75) is 26.2 Å². The van der Waals surface area contributed by atoms with Crippen LogP contribution in [0, 0.1) is 0 Å². The molecular weight excluding hydrogens is 160 g/mol. The Hall–Kier alpha value is -1.24. The molecule has 0 aromatic heterocycles. The van der Waals surface area contributed by atoms with Crippen molar-refractivity contribution in [2.75, 3.05) is 0 Å². The lowest BCUT2D eigenvalue weighted by Crippen LogP contribution is -2.12. The quantitative estimate of drug-likeness (QED) is 0.695. The highest BCUT2D eigenvalue weighted by Crippen LogP contribution is 2.31. The molecule has 0 spiro atoms. The van der Waals surface area contributed by atoms with Crippen LogP contribution in [0.1, 0.15) is 31.9 Å². The third kappa shape index (κ3) is 1.92. The number of benzene rings is 1. The van der Waals surface area contributed by atoms with Crippen molar-refractivity contribution in [3.63, 3.8) is 0 Å². The Balaban J connectivity index is 3.37. The van der Waals surface area contributed by atoms with Crippen LogP contribution in [0.2, 0.25) is 0 Å². The summed E-state index contributed by atoms with van der Waals surface area (Å²) in [6.45, 7) is 10.1. The van der Waals surface area contributed by atoms with Crippen LogP contribution < -0.4 is 0 Å². The first-order valence-electron chi connectivity index (χ1n) is 4.41. The van der Waals surface area contributed by atoms with Crippen molar-refractivity contribution >= 4 is 6.08 Å². The topological polar surface area (TPSA) is 20.2 Å². The zero-order valence-electron chi connectivity index (χ0n) is 8.46. The number of phenolic OH excluding ortho intramolecular Hbond substituents is 1. The van der Waals surface area contributed by atoms with Gasteiger partial charge in [-0.05, 0) is 17.0 Å². The first-order valence-corrected chi connectivity index (χ1v) is 4.41. The summed E-state index contributed by atoms with van der Waals surface area (Å²) in [7, 11) is 0. The summed E-state index contributed by atoms with van der Waals surface area (Å²) in [5.41, 5.74) is 2.01. The van der Waals surface area contributed by atoms with E-state index in [0.717, 1.165) is 11.1 Å². The second kappa shape index (κ2) is 3.25. The van der Waals surface area contributed by atoms with Gasteiger partial charge in [0.25, 0.3) is 0 Å². The number of aromatic hydroxyl groups is 1. The van der Waals surface area contributed by atoms with Gasteiger partial charge in [-0.3, -0.25) is 0 Å². The molecular formula is C12H16O. The lowest BCUT2D eigenvalue weighted by Gasteiger charge is -2.22. The highest BCUT2D eigenvalue weighted by atomic mass is 16.3. The molecule has 13 heavy (non-hydrogen) atoms. The Morgan fingerprint density at radius 2 is 1.92 bits per heavy atom. The van der Waals surface area contributed by atoms with Crippen molar-refractivity contribution in [2.24, 2.45) is 0 Å². The van der Waals surface area contributed by atoms with Crippen molar-refractivity contribution in [3.05, 3.63) is 35.9 Å². The standard InChI is InChI=1S/C12H16O/c1-5-9-10(12(2,3)4)7-6-8-11(9)13/h5-8,13H,1H2,2-4H3. The van der Waals surface area contributed by atoms with E-state index < -0.39 is 0 Å². The van der Waals surface area contributed by atoms with E-state index >= 15 is 0 Å². The third-order valence-corrected chi connectivity index (χ3v) is 2.10. The van der Waals surface area contributed by atoms with Crippen LogP contribution in [0.25, 0.3) is 6.08 Å². The Bertz CT molecular complexity index is 318. The highest BCUT2D eigenvalue weighted by Gasteiger charge is 2.17. The van der Waals surface area contributed by atoms with Crippen LogP contribution in [0.4, 0.5) is 0 Å². The van der Waals surface area contributed by atoms with Crippen LogP contribution in [0.3, 0.4) is 0 Å². The smallest absolute Gasteiger partial charge is 0.123 e. The van der Waals surface area contributed by atoms with Gasteiger partial charge in [-0.15, -0.1) is 0 Å². The number of phenols is 1. The fourth-order valence-electron chi connectivity index (χ4n) is 1.42. The summed E-state index contributed by atoms with van der Waals surface area (Å²) >= 11 is 0. The van der Waals surface area contributed by atoms with E-state index in [-0.39, 0.29) is 5.41 Å². The van der Waals surface area contributed by atoms with Gasteiger partial charge in [0.1, 0.15) is 5.75 Å². The predicted molar refractivity (Wildman–Crippen MR) is 56.9 cm³/mol. The minimum atomic E-state index is 0.0439. The molecule has 70 valence electrons. The largest absolute Gasteiger partial charge is 0.507 e. The first-order chi connectivity index (χ1) is 5.96. The molecule has 0 radical (unpaired) electrons. The van der Waals surface area contributed by atoms with Gasteiger partial charge in [0.15, 0.2) is 0 Å². The van der Waals surface area contributed by atoms with Crippen molar-refractivity contribution in [1.29, 1.82) is 0 Å². The van der Waals surface area contributed by atoms with Crippen molar-refractivity contribution < 1.29 is 5.11 Å². The average molecular weight is 176 g/mol. The molecule has 0 fully saturated rings. The normalized spacial score (nSPS) is 11.3. The monoisotopic (exact) mass is 176 g/mol. The molecule has 1 aromatic rings. The molecule has 0 saturated carbocycles. The van der Waals surface area contributed by atoms with Gasteiger partial charge in [0.05, 0.1) is 0 Å². The zero-order chi connectivity index (χ0) is 10.1. The zero-order valence-corrected chi connectivity index (χ0v) is 8.46. The molecule has 0 saturated heterocycles. The average Bonchev–Trinajstić information content (AvgIpc) is 2.02. The van der Waals surface area contributed by atoms with E-state index in [1.807, 2.05) is 12.1 Å². The second-order valence-corrected chi connectivity index (χ2v) is 4.19. The van der Waals surface area contributed by atoms with E-state index in [1.165, 1.54) is 0 Å². The molecule has 0 unspecified atom stereocenters. The summed E-state index contributed by atoms with van der Waals surface area (Å²) in [5, 5.41) is 9.58. The molecule has 1 nitrogen and oxygen atoms in total. The van der Waals surface area contributed by atoms with E-state index in [1.54, 1.807) is 12.1 Å². The SMILES string of the molecule is C=Cc1c(O)cccc1C(C)(C)C. The van der Waals surface area contributed by atoms with Gasteiger partial charge in [-0.1, -0.05) is 45.6 Å². The minimum absolute atomic E-state index is 0.0439. The molecule has 1 aromatic carbocycles. The van der Waals surface area contributed by atoms with Gasteiger partial charge >= 0.3 is 0 Å². The van der Waals surface area contributed by atoms with E-state index in [4.69, 9.17) is 0 Å². The van der Waals surface area contributed by atoms with Crippen LogP contribution in [0.5, 0.6) is 5.75 Å². The van der Waals surface area contributed by atoms with Gasteiger partial charge in [0, 0.05) is 5.56 Å². The van der Waals surface area contributed by atoms with Crippen molar-refractivity contribution in [3.8, 4) is 5.75 Å². The van der Waals surface area contributed by atoms with E-state index in [0.29, 0.717) is 5.75 Å². The van der Waals surface area contributed by atoms with Crippen LogP contribution in [-0.2, 0) is 5.41 Å². The minimum Gasteiger partial charge on any atom is -0.507 e. The van der Waals surface area contributed by atoms with Gasteiger partial charge < -0.3 is 5.11 Å². The summed E-state index contributed by atoms with van der Waals surface area (Å²) in [5.74, 6) is 0.308. The molecule has 0 aliphatic carbocycles. The fourth-order valence-corrected chi connectivity index (χ4v) is 1.42. The van der Waals surface area contributed by atoms with Crippen LogP contribution in [0.15, 0.2) is 24.8 Å². The first kappa shape index (κ1) is 9.85. The molecule has 1 N–H and O–H groups in total. The lowest BCUT2D eigenvalue weighted by molar-refractivity contribution is 0.469.